The van der Waals surface area contributed by atoms with E-state index in [1.54, 1.807) is 6.07 Å². The molecule has 1 amide bonds. The summed E-state index contributed by atoms with van der Waals surface area (Å²) in [6.07, 6.45) is 0.00112. The van der Waals surface area contributed by atoms with Gasteiger partial charge in [0.05, 0.1) is 25.2 Å². The number of carbonyl (C=O) groups is 1. The van der Waals surface area contributed by atoms with Gasteiger partial charge < -0.3 is 19.2 Å². The van der Waals surface area contributed by atoms with Gasteiger partial charge in [0, 0.05) is 37.6 Å². The van der Waals surface area contributed by atoms with Crippen molar-refractivity contribution in [3.8, 4) is 5.75 Å². The summed E-state index contributed by atoms with van der Waals surface area (Å²) in [6.45, 7) is 12.4. The summed E-state index contributed by atoms with van der Waals surface area (Å²) in [4.78, 5) is 27.0. The van der Waals surface area contributed by atoms with E-state index in [1.165, 1.54) is 0 Å². The minimum atomic E-state index is -0.490. The smallest absolute Gasteiger partial charge is 0.340 e. The van der Waals surface area contributed by atoms with Gasteiger partial charge >= 0.3 is 5.63 Å². The molecule has 1 saturated heterocycles. The van der Waals surface area contributed by atoms with Gasteiger partial charge in [-0.1, -0.05) is 6.58 Å². The van der Waals surface area contributed by atoms with E-state index >= 15 is 0 Å². The fourth-order valence-corrected chi connectivity index (χ4v) is 3.28. The molecular formula is C22H28N2O5. The number of morpholine rings is 1. The highest BCUT2D eigenvalue weighted by atomic mass is 16.5. The van der Waals surface area contributed by atoms with Crippen LogP contribution in [0.2, 0.25) is 0 Å². The Labute approximate surface area is 170 Å². The highest BCUT2D eigenvalue weighted by Crippen LogP contribution is 2.24. The number of hydrogen-bond donors (Lipinski definition) is 1. The van der Waals surface area contributed by atoms with Crippen LogP contribution in [0, 0.1) is 6.92 Å². The van der Waals surface area contributed by atoms with Gasteiger partial charge in [0.25, 0.3) is 0 Å². The van der Waals surface area contributed by atoms with Crippen molar-refractivity contribution in [1.29, 1.82) is 0 Å². The molecule has 1 N–H and O–H groups in total. The maximum absolute atomic E-state index is 12.5. The lowest BCUT2D eigenvalue weighted by molar-refractivity contribution is -0.120. The van der Waals surface area contributed by atoms with Crippen molar-refractivity contribution >= 4 is 16.9 Å². The van der Waals surface area contributed by atoms with Gasteiger partial charge in [0.15, 0.2) is 0 Å². The van der Waals surface area contributed by atoms with Crippen LogP contribution in [0.15, 0.2) is 39.6 Å². The molecule has 0 atom stereocenters. The number of rotatable bonds is 8. The molecule has 7 nitrogen and oxygen atoms in total. The number of fused-ring (bicyclic) bond motifs is 1. The Balaban J connectivity index is 1.65. The first-order valence-electron chi connectivity index (χ1n) is 9.84. The topological polar surface area (TPSA) is 81.0 Å². The van der Waals surface area contributed by atoms with Crippen LogP contribution in [0.25, 0.3) is 11.0 Å². The lowest BCUT2D eigenvalue weighted by Crippen LogP contribution is -2.41. The normalized spacial score (nSPS) is 14.7. The van der Waals surface area contributed by atoms with Crippen molar-refractivity contribution in [2.45, 2.75) is 20.3 Å². The van der Waals surface area contributed by atoms with Crippen LogP contribution in [0.1, 0.15) is 18.1 Å². The second-order valence-electron chi connectivity index (χ2n) is 7.38. The minimum Gasteiger partial charge on any atom is -0.489 e. The number of nitrogens with one attached hydrogen (secondary N) is 1. The second kappa shape index (κ2) is 9.71. The first kappa shape index (κ1) is 21.1. The Bertz CT molecular complexity index is 944. The van der Waals surface area contributed by atoms with Crippen LogP contribution >= 0.6 is 0 Å². The van der Waals surface area contributed by atoms with Gasteiger partial charge in [-0.3, -0.25) is 9.69 Å². The van der Waals surface area contributed by atoms with Gasteiger partial charge in [0.1, 0.15) is 17.9 Å². The summed E-state index contributed by atoms with van der Waals surface area (Å²) in [5.74, 6) is 0.422. The fourth-order valence-electron chi connectivity index (χ4n) is 3.28. The zero-order valence-electron chi connectivity index (χ0n) is 17.1. The zero-order valence-corrected chi connectivity index (χ0v) is 17.1. The average molecular weight is 400 g/mol. The van der Waals surface area contributed by atoms with Crippen LogP contribution in [-0.4, -0.2) is 56.8 Å². The molecule has 0 radical (unpaired) electrons. The summed E-state index contributed by atoms with van der Waals surface area (Å²) in [5, 5.41) is 3.68. The number of ether oxygens (including phenoxy) is 2. The van der Waals surface area contributed by atoms with Crippen molar-refractivity contribution < 1.29 is 18.7 Å². The van der Waals surface area contributed by atoms with Crippen molar-refractivity contribution in [3.63, 3.8) is 0 Å². The summed E-state index contributed by atoms with van der Waals surface area (Å²) in [7, 11) is 0. The van der Waals surface area contributed by atoms with Crippen molar-refractivity contribution in [2.75, 3.05) is 46.0 Å². The lowest BCUT2D eigenvalue weighted by Gasteiger charge is -2.26. The first-order valence-corrected chi connectivity index (χ1v) is 9.84. The molecule has 1 aliphatic heterocycles. The lowest BCUT2D eigenvalue weighted by atomic mass is 10.0. The number of amides is 1. The molecule has 0 spiro atoms. The molecule has 2 heterocycles. The molecule has 156 valence electrons. The maximum Gasteiger partial charge on any atom is 0.340 e. The van der Waals surface area contributed by atoms with Crippen molar-refractivity contribution in [1.82, 2.24) is 10.2 Å². The summed E-state index contributed by atoms with van der Waals surface area (Å²) in [6, 6.07) is 5.37. The van der Waals surface area contributed by atoms with Gasteiger partial charge in [-0.05, 0) is 37.1 Å². The SMILES string of the molecule is C=C(C)COc1ccc2c(C)c(CC(=O)NCCN3CCOCC3)c(=O)oc2c1. The Hall–Kier alpha value is -2.64. The zero-order chi connectivity index (χ0) is 20.8. The highest BCUT2D eigenvalue weighted by molar-refractivity contribution is 5.85. The van der Waals surface area contributed by atoms with Crippen LogP contribution in [0.4, 0.5) is 0 Å². The Morgan fingerprint density at radius 1 is 1.31 bits per heavy atom. The predicted octanol–water partition coefficient (Wildman–Crippen LogP) is 2.05. The molecule has 0 aliphatic carbocycles. The number of hydrogen-bond acceptors (Lipinski definition) is 6. The highest BCUT2D eigenvalue weighted by Gasteiger charge is 2.16. The average Bonchev–Trinajstić information content (AvgIpc) is 2.70. The minimum absolute atomic E-state index is 0.00112. The molecule has 0 unspecified atom stereocenters. The van der Waals surface area contributed by atoms with E-state index in [0.717, 1.165) is 49.4 Å². The third kappa shape index (κ3) is 5.68. The predicted molar refractivity (Wildman–Crippen MR) is 112 cm³/mol. The van der Waals surface area contributed by atoms with E-state index in [0.29, 0.717) is 30.0 Å². The van der Waals surface area contributed by atoms with E-state index in [2.05, 4.69) is 16.8 Å². The maximum atomic E-state index is 12.5. The van der Waals surface area contributed by atoms with E-state index in [4.69, 9.17) is 13.9 Å². The molecule has 7 heteroatoms. The third-order valence-corrected chi connectivity index (χ3v) is 4.94. The summed E-state index contributed by atoms with van der Waals surface area (Å²) in [5.41, 5.74) is 2.00. The van der Waals surface area contributed by atoms with Crippen LogP contribution in [-0.2, 0) is 16.0 Å². The van der Waals surface area contributed by atoms with E-state index in [9.17, 15) is 9.59 Å². The molecule has 0 bridgehead atoms. The monoisotopic (exact) mass is 400 g/mol. The van der Waals surface area contributed by atoms with E-state index in [-0.39, 0.29) is 12.3 Å². The molecule has 0 saturated carbocycles. The molecule has 1 aromatic carbocycles. The molecular weight excluding hydrogens is 372 g/mol. The van der Waals surface area contributed by atoms with E-state index < -0.39 is 5.63 Å². The first-order chi connectivity index (χ1) is 13.9. The Morgan fingerprint density at radius 3 is 2.79 bits per heavy atom. The van der Waals surface area contributed by atoms with Gasteiger partial charge in [0.2, 0.25) is 5.91 Å². The Morgan fingerprint density at radius 2 is 2.07 bits per heavy atom. The second-order valence-corrected chi connectivity index (χ2v) is 7.38. The van der Waals surface area contributed by atoms with Gasteiger partial charge in [-0.15, -0.1) is 0 Å². The van der Waals surface area contributed by atoms with Gasteiger partial charge in [-0.2, -0.15) is 0 Å². The standard InChI is InChI=1S/C22H28N2O5/c1-15(2)14-28-17-4-5-18-16(3)19(22(26)29-20(18)12-17)13-21(25)23-6-7-24-8-10-27-11-9-24/h4-5,12H,1,6-11,13-14H2,2-3H3,(H,23,25). The molecule has 3 rings (SSSR count). The number of aryl methyl sites for hydroxylation is 1. The summed E-state index contributed by atoms with van der Waals surface area (Å²) < 4.78 is 16.4. The summed E-state index contributed by atoms with van der Waals surface area (Å²) >= 11 is 0. The van der Waals surface area contributed by atoms with Crippen LogP contribution in [0.5, 0.6) is 5.75 Å². The van der Waals surface area contributed by atoms with Crippen molar-refractivity contribution in [3.05, 3.63) is 51.9 Å². The molecule has 1 aromatic heterocycles. The number of benzene rings is 1. The molecule has 1 fully saturated rings. The third-order valence-electron chi connectivity index (χ3n) is 4.94. The van der Waals surface area contributed by atoms with E-state index in [1.807, 2.05) is 26.0 Å². The van der Waals surface area contributed by atoms with Gasteiger partial charge in [-0.25, -0.2) is 4.79 Å². The fraction of sp³-hybridized carbons (Fsp3) is 0.455. The number of nitrogens with zero attached hydrogens (tertiary/aromatic N) is 1. The van der Waals surface area contributed by atoms with Crippen LogP contribution < -0.4 is 15.7 Å². The quantitative estimate of drug-likeness (QED) is 0.540. The molecule has 29 heavy (non-hydrogen) atoms. The molecule has 1 aliphatic rings. The largest absolute Gasteiger partial charge is 0.489 e. The van der Waals surface area contributed by atoms with Crippen molar-refractivity contribution in [2.24, 2.45) is 0 Å². The Kier molecular flexibility index (Phi) is 7.06. The molecule has 2 aromatic rings. The number of carbonyl (C=O) groups excluding carboxylic acids is 1. The van der Waals surface area contributed by atoms with Crippen LogP contribution in [0.3, 0.4) is 0 Å².